The first kappa shape index (κ1) is 17.6. The lowest BCUT2D eigenvalue weighted by molar-refractivity contribution is -0.124. The summed E-state index contributed by atoms with van der Waals surface area (Å²) in [5, 5.41) is 2.99. The average Bonchev–Trinajstić information content (AvgIpc) is 2.44. The molecule has 0 aromatic heterocycles. The Bertz CT molecular complexity index is 463. The summed E-state index contributed by atoms with van der Waals surface area (Å²) in [6, 6.07) is 9.70. The van der Waals surface area contributed by atoms with E-state index in [0.29, 0.717) is 13.0 Å². The smallest absolute Gasteiger partial charge is 0.230 e. The van der Waals surface area contributed by atoms with Crippen LogP contribution in [0.5, 0.6) is 0 Å². The molecule has 0 spiro atoms. The second kappa shape index (κ2) is 8.74. The van der Waals surface area contributed by atoms with E-state index in [0.717, 1.165) is 5.56 Å². The third-order valence-electron chi connectivity index (χ3n) is 3.42. The van der Waals surface area contributed by atoms with E-state index in [9.17, 15) is 4.79 Å². The van der Waals surface area contributed by atoms with Crippen molar-refractivity contribution in [1.29, 1.82) is 0 Å². The molecule has 2 atom stereocenters. The topological polar surface area (TPSA) is 64.3 Å². The lowest BCUT2D eigenvalue weighted by atomic mass is 9.97. The lowest BCUT2D eigenvalue weighted by Crippen LogP contribution is -2.47. The largest absolute Gasteiger partial charge is 0.393 e. The van der Waals surface area contributed by atoms with E-state index in [2.05, 4.69) is 5.32 Å². The van der Waals surface area contributed by atoms with E-state index >= 15 is 0 Å². The van der Waals surface area contributed by atoms with Gasteiger partial charge in [-0.15, -0.1) is 0 Å². The fourth-order valence-electron chi connectivity index (χ4n) is 2.04. The fourth-order valence-corrected chi connectivity index (χ4v) is 2.23. The van der Waals surface area contributed by atoms with Gasteiger partial charge in [-0.2, -0.15) is 0 Å². The van der Waals surface area contributed by atoms with Crippen molar-refractivity contribution in [1.82, 2.24) is 5.32 Å². The van der Waals surface area contributed by atoms with Gasteiger partial charge in [0.25, 0.3) is 0 Å². The Labute approximate surface area is 132 Å². The molecule has 1 aromatic rings. The van der Waals surface area contributed by atoms with Gasteiger partial charge in [-0.25, -0.2) is 0 Å². The second-order valence-electron chi connectivity index (χ2n) is 5.46. The number of thiocarbonyl (C=S) groups is 1. The molecule has 0 aliphatic rings. The molecule has 1 rings (SSSR count). The van der Waals surface area contributed by atoms with Gasteiger partial charge in [-0.3, -0.25) is 4.79 Å². The van der Waals surface area contributed by atoms with Crippen LogP contribution in [0.4, 0.5) is 0 Å². The minimum Gasteiger partial charge on any atom is -0.393 e. The molecule has 2 unspecified atom stereocenters. The van der Waals surface area contributed by atoms with E-state index in [4.69, 9.17) is 22.7 Å². The molecule has 0 aliphatic carbocycles. The first-order valence-electron chi connectivity index (χ1n) is 7.08. The molecule has 116 valence electrons. The highest BCUT2D eigenvalue weighted by atomic mass is 32.1. The van der Waals surface area contributed by atoms with Crippen molar-refractivity contribution in [2.45, 2.75) is 26.3 Å². The van der Waals surface area contributed by atoms with Gasteiger partial charge in [0, 0.05) is 7.11 Å². The van der Waals surface area contributed by atoms with Gasteiger partial charge in [0.15, 0.2) is 0 Å². The third kappa shape index (κ3) is 5.81. The number of methoxy groups -OCH3 is 1. The SMILES string of the molecule is COCC(NC(=O)C(Cc1ccccc1)C(N)=S)C(C)C. The molecule has 0 radical (unpaired) electrons. The monoisotopic (exact) mass is 308 g/mol. The molecule has 5 heteroatoms. The molecule has 4 nitrogen and oxygen atoms in total. The summed E-state index contributed by atoms with van der Waals surface area (Å²) < 4.78 is 5.15. The van der Waals surface area contributed by atoms with Crippen molar-refractivity contribution in [2.75, 3.05) is 13.7 Å². The van der Waals surface area contributed by atoms with Crippen LogP contribution in [0.25, 0.3) is 0 Å². The Kier molecular flexibility index (Phi) is 7.32. The van der Waals surface area contributed by atoms with Gasteiger partial charge in [-0.05, 0) is 17.9 Å². The summed E-state index contributed by atoms with van der Waals surface area (Å²) in [6.45, 7) is 4.55. The van der Waals surface area contributed by atoms with Gasteiger partial charge < -0.3 is 15.8 Å². The Hall–Kier alpha value is -1.46. The maximum Gasteiger partial charge on any atom is 0.230 e. The molecule has 1 amide bonds. The number of carbonyl (C=O) groups is 1. The quantitative estimate of drug-likeness (QED) is 0.720. The summed E-state index contributed by atoms with van der Waals surface area (Å²) >= 11 is 5.06. The van der Waals surface area contributed by atoms with Crippen LogP contribution < -0.4 is 11.1 Å². The van der Waals surface area contributed by atoms with Gasteiger partial charge in [-0.1, -0.05) is 56.4 Å². The highest BCUT2D eigenvalue weighted by molar-refractivity contribution is 7.80. The molecule has 0 aliphatic heterocycles. The maximum atomic E-state index is 12.4. The van der Waals surface area contributed by atoms with Gasteiger partial charge in [0.2, 0.25) is 5.91 Å². The summed E-state index contributed by atoms with van der Waals surface area (Å²) in [7, 11) is 1.62. The zero-order chi connectivity index (χ0) is 15.8. The van der Waals surface area contributed by atoms with E-state index in [-0.39, 0.29) is 22.9 Å². The molecule has 0 heterocycles. The molecule has 0 saturated heterocycles. The lowest BCUT2D eigenvalue weighted by Gasteiger charge is -2.24. The molecule has 0 fully saturated rings. The second-order valence-corrected chi connectivity index (χ2v) is 5.93. The Morgan fingerprint density at radius 1 is 1.33 bits per heavy atom. The summed E-state index contributed by atoms with van der Waals surface area (Å²) in [5.74, 6) is -0.361. The van der Waals surface area contributed by atoms with Gasteiger partial charge in [0.1, 0.15) is 0 Å². The van der Waals surface area contributed by atoms with E-state index < -0.39 is 5.92 Å². The van der Waals surface area contributed by atoms with Gasteiger partial charge in [0.05, 0.1) is 23.6 Å². The minimum atomic E-state index is -0.500. The zero-order valence-corrected chi connectivity index (χ0v) is 13.7. The highest BCUT2D eigenvalue weighted by Gasteiger charge is 2.25. The first-order valence-corrected chi connectivity index (χ1v) is 7.49. The zero-order valence-electron chi connectivity index (χ0n) is 12.8. The van der Waals surface area contributed by atoms with Crippen molar-refractivity contribution in [3.63, 3.8) is 0 Å². The van der Waals surface area contributed by atoms with Crippen LogP contribution >= 0.6 is 12.2 Å². The van der Waals surface area contributed by atoms with Crippen LogP contribution in [0.3, 0.4) is 0 Å². The minimum absolute atomic E-state index is 0.0462. The number of hydrogen-bond donors (Lipinski definition) is 2. The van der Waals surface area contributed by atoms with Crippen molar-refractivity contribution in [2.24, 2.45) is 17.6 Å². The molecule has 3 N–H and O–H groups in total. The fraction of sp³-hybridized carbons (Fsp3) is 0.500. The Balaban J connectivity index is 2.76. The number of ether oxygens (including phenoxy) is 1. The number of amides is 1. The molecule has 0 saturated carbocycles. The van der Waals surface area contributed by atoms with Crippen LogP contribution in [0, 0.1) is 11.8 Å². The third-order valence-corrected chi connectivity index (χ3v) is 3.71. The van der Waals surface area contributed by atoms with Gasteiger partial charge >= 0.3 is 0 Å². The molecule has 21 heavy (non-hydrogen) atoms. The highest BCUT2D eigenvalue weighted by Crippen LogP contribution is 2.11. The summed E-state index contributed by atoms with van der Waals surface area (Å²) in [4.78, 5) is 12.7. The summed E-state index contributed by atoms with van der Waals surface area (Å²) in [5.41, 5.74) is 6.79. The average molecular weight is 308 g/mol. The van der Waals surface area contributed by atoms with E-state index in [1.165, 1.54) is 0 Å². The van der Waals surface area contributed by atoms with Crippen molar-refractivity contribution >= 4 is 23.1 Å². The molecule has 0 bridgehead atoms. The summed E-state index contributed by atoms with van der Waals surface area (Å²) in [6.07, 6.45) is 0.514. The first-order chi connectivity index (χ1) is 9.95. The number of nitrogens with one attached hydrogen (secondary N) is 1. The van der Waals surface area contributed by atoms with Crippen molar-refractivity contribution in [3.8, 4) is 0 Å². The molecular formula is C16H24N2O2S. The van der Waals surface area contributed by atoms with Crippen LogP contribution in [0.2, 0.25) is 0 Å². The normalized spacial score (nSPS) is 13.7. The number of benzene rings is 1. The molecular weight excluding hydrogens is 284 g/mol. The predicted molar refractivity (Wildman–Crippen MR) is 89.1 cm³/mol. The number of carbonyl (C=O) groups excluding carboxylic acids is 1. The Morgan fingerprint density at radius 3 is 2.43 bits per heavy atom. The Morgan fingerprint density at radius 2 is 1.95 bits per heavy atom. The van der Waals surface area contributed by atoms with Crippen molar-refractivity contribution < 1.29 is 9.53 Å². The number of rotatable bonds is 8. The van der Waals surface area contributed by atoms with Crippen LogP contribution in [0.1, 0.15) is 19.4 Å². The number of nitrogens with two attached hydrogens (primary N) is 1. The standard InChI is InChI=1S/C16H24N2O2S/c1-11(2)14(10-20-3)18-16(19)13(15(17)21)9-12-7-5-4-6-8-12/h4-8,11,13-14H,9-10H2,1-3H3,(H2,17,21)(H,18,19). The maximum absolute atomic E-state index is 12.4. The number of hydrogen-bond acceptors (Lipinski definition) is 3. The van der Waals surface area contributed by atoms with Crippen LogP contribution in [-0.4, -0.2) is 30.7 Å². The van der Waals surface area contributed by atoms with Crippen molar-refractivity contribution in [3.05, 3.63) is 35.9 Å². The van der Waals surface area contributed by atoms with E-state index in [1.54, 1.807) is 7.11 Å². The van der Waals surface area contributed by atoms with E-state index in [1.807, 2.05) is 44.2 Å². The predicted octanol–water partition coefficient (Wildman–Crippen LogP) is 1.92. The van der Waals surface area contributed by atoms with Crippen LogP contribution in [0.15, 0.2) is 30.3 Å². The van der Waals surface area contributed by atoms with Crippen LogP contribution in [-0.2, 0) is 16.0 Å². The molecule has 1 aromatic carbocycles.